The maximum atomic E-state index is 14.3. The van der Waals surface area contributed by atoms with Gasteiger partial charge in [-0.3, -0.25) is 4.72 Å². The van der Waals surface area contributed by atoms with Gasteiger partial charge in [0.2, 0.25) is 21.9 Å². The van der Waals surface area contributed by atoms with Crippen LogP contribution in [0, 0.1) is 5.82 Å². The molecule has 0 bridgehead atoms. The Hall–Kier alpha value is -2.36. The lowest BCUT2D eigenvalue weighted by molar-refractivity contribution is 0.479. The fourth-order valence-corrected chi connectivity index (χ4v) is 3.59. The van der Waals surface area contributed by atoms with E-state index < -0.39 is 15.8 Å². The van der Waals surface area contributed by atoms with Crippen molar-refractivity contribution < 1.29 is 12.8 Å². The number of benzene rings is 1. The molecule has 0 radical (unpaired) electrons. The number of hydrogen-bond donors (Lipinski definition) is 3. The van der Waals surface area contributed by atoms with Crippen molar-refractivity contribution >= 4 is 27.6 Å². The predicted molar refractivity (Wildman–Crippen MR) is 89.8 cm³/mol. The lowest BCUT2D eigenvalue weighted by atomic mass is 9.88. The number of halogens is 1. The summed E-state index contributed by atoms with van der Waals surface area (Å²) in [4.78, 5) is 6.05. The third-order valence-electron chi connectivity index (χ3n) is 4.03. The molecular formula is C14H19FN6O2S. The van der Waals surface area contributed by atoms with E-state index >= 15 is 0 Å². The first-order chi connectivity index (χ1) is 11.3. The monoisotopic (exact) mass is 354 g/mol. The van der Waals surface area contributed by atoms with Crippen LogP contribution < -0.4 is 15.4 Å². The van der Waals surface area contributed by atoms with Gasteiger partial charge in [0, 0.05) is 18.7 Å². The van der Waals surface area contributed by atoms with Crippen LogP contribution in [0.15, 0.2) is 18.2 Å². The van der Waals surface area contributed by atoms with Crippen LogP contribution in [0.4, 0.5) is 22.0 Å². The second-order valence-electron chi connectivity index (χ2n) is 5.86. The number of anilines is 3. The van der Waals surface area contributed by atoms with Gasteiger partial charge in [-0.15, -0.1) is 5.10 Å². The number of rotatable bonds is 4. The average Bonchev–Trinajstić information content (AvgIpc) is 2.93. The van der Waals surface area contributed by atoms with Crippen LogP contribution in [0.2, 0.25) is 0 Å². The zero-order valence-electron chi connectivity index (χ0n) is 13.2. The molecule has 0 amide bonds. The lowest BCUT2D eigenvalue weighted by Crippen LogP contribution is -2.34. The summed E-state index contributed by atoms with van der Waals surface area (Å²) in [6.45, 7) is 1.27. The Morgan fingerprint density at radius 2 is 2.08 bits per heavy atom. The molecule has 1 aliphatic rings. The smallest absolute Gasteiger partial charge is 0.246 e. The van der Waals surface area contributed by atoms with Crippen molar-refractivity contribution in [2.24, 2.45) is 0 Å². The topological polar surface area (TPSA) is 117 Å². The van der Waals surface area contributed by atoms with E-state index in [2.05, 4.69) is 19.9 Å². The normalized spacial score (nSPS) is 16.3. The highest BCUT2D eigenvalue weighted by atomic mass is 32.2. The van der Waals surface area contributed by atoms with Crippen molar-refractivity contribution in [1.82, 2.24) is 15.2 Å². The molecule has 8 nitrogen and oxygen atoms in total. The van der Waals surface area contributed by atoms with Crippen LogP contribution in [-0.4, -0.2) is 42.9 Å². The van der Waals surface area contributed by atoms with Crippen molar-refractivity contribution in [2.75, 3.05) is 34.7 Å². The number of nitrogens with zero attached hydrogens (tertiary/aromatic N) is 3. The molecule has 4 N–H and O–H groups in total. The van der Waals surface area contributed by atoms with Gasteiger partial charge in [0.05, 0.1) is 11.9 Å². The van der Waals surface area contributed by atoms with E-state index in [4.69, 9.17) is 5.73 Å². The highest BCUT2D eigenvalue weighted by Gasteiger charge is 2.27. The van der Waals surface area contributed by atoms with Gasteiger partial charge in [0.1, 0.15) is 5.82 Å². The van der Waals surface area contributed by atoms with Crippen molar-refractivity contribution in [3.63, 3.8) is 0 Å². The molecule has 10 heteroatoms. The van der Waals surface area contributed by atoms with Gasteiger partial charge in [-0.2, -0.15) is 4.98 Å². The molecule has 1 aromatic carbocycles. The fourth-order valence-electron chi connectivity index (χ4n) is 3.02. The third-order valence-corrected chi connectivity index (χ3v) is 4.62. The van der Waals surface area contributed by atoms with Gasteiger partial charge in [0.25, 0.3) is 0 Å². The van der Waals surface area contributed by atoms with Crippen molar-refractivity contribution in [1.29, 1.82) is 0 Å². The van der Waals surface area contributed by atoms with Gasteiger partial charge >= 0.3 is 0 Å². The molecule has 1 aromatic heterocycles. The molecule has 24 heavy (non-hydrogen) atoms. The van der Waals surface area contributed by atoms with Crippen LogP contribution in [-0.2, 0) is 10.0 Å². The van der Waals surface area contributed by atoms with Gasteiger partial charge in [-0.05, 0) is 30.9 Å². The van der Waals surface area contributed by atoms with Gasteiger partial charge < -0.3 is 10.6 Å². The van der Waals surface area contributed by atoms with E-state index in [-0.39, 0.29) is 11.9 Å². The molecule has 130 valence electrons. The van der Waals surface area contributed by atoms with Crippen LogP contribution in [0.3, 0.4) is 0 Å². The zero-order valence-corrected chi connectivity index (χ0v) is 14.0. The summed E-state index contributed by atoms with van der Waals surface area (Å²) in [5, 5.41) is 6.61. The average molecular weight is 354 g/mol. The summed E-state index contributed by atoms with van der Waals surface area (Å²) in [6, 6.07) is 4.44. The molecule has 3 rings (SSSR count). The van der Waals surface area contributed by atoms with E-state index in [1.807, 2.05) is 4.90 Å². The molecule has 0 atom stereocenters. The SMILES string of the molecule is CS(=O)(=O)Nc1cccc(F)c1C1CCN(c2n[nH]c(N)n2)CC1. The van der Waals surface area contributed by atoms with E-state index in [0.717, 1.165) is 6.26 Å². The minimum Gasteiger partial charge on any atom is -0.368 e. The molecule has 0 aliphatic carbocycles. The summed E-state index contributed by atoms with van der Waals surface area (Å²) in [6.07, 6.45) is 2.37. The Balaban J connectivity index is 1.79. The first-order valence-electron chi connectivity index (χ1n) is 7.52. The summed E-state index contributed by atoms with van der Waals surface area (Å²) in [7, 11) is -3.47. The molecule has 1 fully saturated rings. The Labute approximate surface area is 139 Å². The maximum Gasteiger partial charge on any atom is 0.246 e. The highest BCUT2D eigenvalue weighted by Crippen LogP contribution is 2.35. The highest BCUT2D eigenvalue weighted by molar-refractivity contribution is 7.92. The number of H-pyrrole nitrogens is 1. The van der Waals surface area contributed by atoms with E-state index in [9.17, 15) is 12.8 Å². The first-order valence-corrected chi connectivity index (χ1v) is 9.41. The van der Waals surface area contributed by atoms with Gasteiger partial charge in [-0.1, -0.05) is 6.07 Å². The lowest BCUT2D eigenvalue weighted by Gasteiger charge is -2.32. The fraction of sp³-hybridized carbons (Fsp3) is 0.429. The number of hydrogen-bond acceptors (Lipinski definition) is 6. The zero-order chi connectivity index (χ0) is 17.3. The second-order valence-corrected chi connectivity index (χ2v) is 7.61. The number of nitrogen functional groups attached to an aromatic ring is 1. The Morgan fingerprint density at radius 1 is 1.38 bits per heavy atom. The molecule has 2 aromatic rings. The van der Waals surface area contributed by atoms with Gasteiger partial charge in [0.15, 0.2) is 0 Å². The minimum atomic E-state index is -3.47. The van der Waals surface area contributed by atoms with Gasteiger partial charge in [-0.25, -0.2) is 17.9 Å². The van der Waals surface area contributed by atoms with Crippen molar-refractivity contribution in [3.8, 4) is 0 Å². The molecule has 0 unspecified atom stereocenters. The van der Waals surface area contributed by atoms with Crippen LogP contribution in [0.5, 0.6) is 0 Å². The van der Waals surface area contributed by atoms with E-state index in [1.165, 1.54) is 12.1 Å². The molecule has 1 aliphatic heterocycles. The number of nitrogens with two attached hydrogens (primary N) is 1. The molecule has 1 saturated heterocycles. The first kappa shape index (κ1) is 16.5. The summed E-state index contributed by atoms with van der Waals surface area (Å²) in [5.41, 5.74) is 6.25. The summed E-state index contributed by atoms with van der Waals surface area (Å²) in [5.74, 6) is 0.294. The summed E-state index contributed by atoms with van der Waals surface area (Å²) >= 11 is 0. The molecule has 0 saturated carbocycles. The standard InChI is InChI=1S/C14H19FN6O2S/c1-24(22,23)20-11-4-2-3-10(15)12(11)9-5-7-21(8-6-9)14-17-13(16)18-19-14/h2-4,9,20H,5-8H2,1H3,(H3,16,17,18,19). The largest absolute Gasteiger partial charge is 0.368 e. The number of piperidine rings is 1. The number of aromatic nitrogens is 3. The number of nitrogens with one attached hydrogen (secondary N) is 2. The molecule has 0 spiro atoms. The predicted octanol–water partition coefficient (Wildman–Crippen LogP) is 1.28. The Bertz CT molecular complexity index is 830. The summed E-state index contributed by atoms with van der Waals surface area (Å²) < 4.78 is 39.8. The van der Waals surface area contributed by atoms with Crippen LogP contribution >= 0.6 is 0 Å². The second kappa shape index (κ2) is 6.27. The molecular weight excluding hydrogens is 335 g/mol. The minimum absolute atomic E-state index is 0.0806. The van der Waals surface area contributed by atoms with Crippen molar-refractivity contribution in [3.05, 3.63) is 29.6 Å². The van der Waals surface area contributed by atoms with Crippen LogP contribution in [0.1, 0.15) is 24.3 Å². The number of sulfonamides is 1. The third kappa shape index (κ3) is 3.58. The quantitative estimate of drug-likeness (QED) is 0.761. The van der Waals surface area contributed by atoms with Crippen LogP contribution in [0.25, 0.3) is 0 Å². The van der Waals surface area contributed by atoms with E-state index in [0.29, 0.717) is 43.1 Å². The Morgan fingerprint density at radius 3 is 2.67 bits per heavy atom. The molecule has 2 heterocycles. The van der Waals surface area contributed by atoms with Crippen molar-refractivity contribution in [2.45, 2.75) is 18.8 Å². The Kier molecular flexibility index (Phi) is 4.31. The van der Waals surface area contributed by atoms with E-state index in [1.54, 1.807) is 6.07 Å². The maximum absolute atomic E-state index is 14.3. The number of aromatic amines is 1.